The van der Waals surface area contributed by atoms with Crippen LogP contribution in [0.2, 0.25) is 0 Å². The van der Waals surface area contributed by atoms with E-state index >= 15 is 0 Å². The summed E-state index contributed by atoms with van der Waals surface area (Å²) in [6, 6.07) is 3.79. The van der Waals surface area contributed by atoms with Gasteiger partial charge in [0.25, 0.3) is 0 Å². The van der Waals surface area contributed by atoms with Gasteiger partial charge >= 0.3 is 0 Å². The smallest absolute Gasteiger partial charge is 0.186 e. The Labute approximate surface area is 90.9 Å². The van der Waals surface area contributed by atoms with Gasteiger partial charge in [0.15, 0.2) is 5.12 Å². The second-order valence-electron chi connectivity index (χ2n) is 2.39. The molecule has 4 heteroatoms. The lowest BCUT2D eigenvalue weighted by Crippen LogP contribution is -1.81. The van der Waals surface area contributed by atoms with Crippen molar-refractivity contribution in [2.24, 2.45) is 0 Å². The van der Waals surface area contributed by atoms with E-state index in [0.29, 0.717) is 10.6 Å². The molecule has 1 heterocycles. The van der Waals surface area contributed by atoms with Gasteiger partial charge in [-0.2, -0.15) is 5.26 Å². The van der Waals surface area contributed by atoms with Crippen molar-refractivity contribution in [2.75, 3.05) is 5.75 Å². The zero-order valence-electron chi connectivity index (χ0n) is 7.53. The molecule has 0 aliphatic carbocycles. The Balaban J connectivity index is 2.52. The SMILES string of the molecule is CC(=O)SCC#Cc1csc(C#N)c1. The minimum Gasteiger partial charge on any atom is -0.288 e. The summed E-state index contributed by atoms with van der Waals surface area (Å²) in [7, 11) is 0. The van der Waals surface area contributed by atoms with Crippen LogP contribution in [-0.4, -0.2) is 10.9 Å². The largest absolute Gasteiger partial charge is 0.288 e. The van der Waals surface area contributed by atoms with Gasteiger partial charge in [-0.3, -0.25) is 4.79 Å². The molecule has 2 nitrogen and oxygen atoms in total. The first-order valence-corrected chi connectivity index (χ1v) is 5.70. The molecule has 0 bridgehead atoms. The number of carbonyl (C=O) groups is 1. The summed E-state index contributed by atoms with van der Waals surface area (Å²) < 4.78 is 0. The van der Waals surface area contributed by atoms with Crippen LogP contribution in [0.1, 0.15) is 17.4 Å². The van der Waals surface area contributed by atoms with Gasteiger partial charge in [0.05, 0.1) is 5.75 Å². The van der Waals surface area contributed by atoms with E-state index in [1.807, 2.05) is 11.4 Å². The molecule has 0 saturated carbocycles. The van der Waals surface area contributed by atoms with Crippen molar-refractivity contribution in [3.63, 3.8) is 0 Å². The maximum Gasteiger partial charge on any atom is 0.186 e. The van der Waals surface area contributed by atoms with Gasteiger partial charge in [-0.05, 0) is 6.07 Å². The van der Waals surface area contributed by atoms with Crippen LogP contribution >= 0.6 is 23.1 Å². The van der Waals surface area contributed by atoms with Gasteiger partial charge in [-0.25, -0.2) is 0 Å². The molecule has 1 aromatic rings. The van der Waals surface area contributed by atoms with Gasteiger partial charge in [0, 0.05) is 17.9 Å². The van der Waals surface area contributed by atoms with Crippen molar-refractivity contribution < 1.29 is 4.79 Å². The number of hydrogen-bond acceptors (Lipinski definition) is 4. The first kappa shape index (κ1) is 10.8. The highest BCUT2D eigenvalue weighted by Crippen LogP contribution is 2.11. The fraction of sp³-hybridized carbons (Fsp3) is 0.200. The van der Waals surface area contributed by atoms with Gasteiger partial charge in [-0.15, -0.1) is 11.3 Å². The lowest BCUT2D eigenvalue weighted by atomic mass is 10.3. The van der Waals surface area contributed by atoms with Crippen LogP contribution in [0.3, 0.4) is 0 Å². The Morgan fingerprint density at radius 1 is 1.71 bits per heavy atom. The third-order valence-corrected chi connectivity index (χ3v) is 2.82. The number of nitriles is 1. The van der Waals surface area contributed by atoms with Crippen LogP contribution in [0.25, 0.3) is 0 Å². The fourth-order valence-corrected chi connectivity index (χ4v) is 1.71. The predicted octanol–water partition coefficient (Wildman–Crippen LogP) is 2.25. The molecule has 1 aromatic heterocycles. The lowest BCUT2D eigenvalue weighted by Gasteiger charge is -1.83. The van der Waals surface area contributed by atoms with Gasteiger partial charge in [0.1, 0.15) is 10.9 Å². The average Bonchev–Trinajstić information content (AvgIpc) is 2.60. The van der Waals surface area contributed by atoms with E-state index in [-0.39, 0.29) is 5.12 Å². The Bertz CT molecular complexity index is 431. The Kier molecular flexibility index (Phi) is 4.25. The number of thiophene rings is 1. The van der Waals surface area contributed by atoms with Crippen molar-refractivity contribution in [1.29, 1.82) is 5.26 Å². The molecule has 0 fully saturated rings. The second-order valence-corrected chi connectivity index (χ2v) is 4.46. The topological polar surface area (TPSA) is 40.9 Å². The molecule has 0 spiro atoms. The molecule has 0 N–H and O–H groups in total. The molecule has 1 rings (SSSR count). The van der Waals surface area contributed by atoms with Crippen molar-refractivity contribution in [1.82, 2.24) is 0 Å². The number of rotatable bonds is 1. The molecule has 0 amide bonds. The molecule has 0 aliphatic rings. The zero-order chi connectivity index (χ0) is 10.4. The van der Waals surface area contributed by atoms with Crippen LogP contribution in [0, 0.1) is 23.2 Å². The molecule has 0 unspecified atom stereocenters. The van der Waals surface area contributed by atoms with E-state index in [1.54, 1.807) is 6.07 Å². The van der Waals surface area contributed by atoms with E-state index in [0.717, 1.165) is 5.56 Å². The Morgan fingerprint density at radius 2 is 2.50 bits per heavy atom. The maximum absolute atomic E-state index is 10.6. The van der Waals surface area contributed by atoms with Crippen LogP contribution in [0.15, 0.2) is 11.4 Å². The van der Waals surface area contributed by atoms with Crippen LogP contribution in [-0.2, 0) is 4.79 Å². The number of carbonyl (C=O) groups excluding carboxylic acids is 1. The first-order valence-electron chi connectivity index (χ1n) is 3.83. The van der Waals surface area contributed by atoms with E-state index in [4.69, 9.17) is 5.26 Å². The quantitative estimate of drug-likeness (QED) is 0.683. The van der Waals surface area contributed by atoms with Crippen LogP contribution in [0.5, 0.6) is 0 Å². The van der Waals surface area contributed by atoms with Crippen LogP contribution in [0.4, 0.5) is 0 Å². The van der Waals surface area contributed by atoms with Crippen molar-refractivity contribution in [3.05, 3.63) is 21.9 Å². The monoisotopic (exact) mass is 221 g/mol. The summed E-state index contributed by atoms with van der Waals surface area (Å²) in [5.74, 6) is 6.26. The van der Waals surface area contributed by atoms with Gasteiger partial charge < -0.3 is 0 Å². The minimum atomic E-state index is 0.0716. The molecule has 0 radical (unpaired) electrons. The third-order valence-electron chi connectivity index (χ3n) is 1.29. The number of hydrogen-bond donors (Lipinski definition) is 0. The molecule has 0 aromatic carbocycles. The second kappa shape index (κ2) is 5.49. The first-order chi connectivity index (χ1) is 6.72. The number of nitrogens with zero attached hydrogens (tertiary/aromatic N) is 1. The molecule has 0 aliphatic heterocycles. The fourth-order valence-electron chi connectivity index (χ4n) is 0.736. The van der Waals surface area contributed by atoms with E-state index in [2.05, 4.69) is 11.8 Å². The van der Waals surface area contributed by atoms with Crippen LogP contribution < -0.4 is 0 Å². The molecular formula is C10H7NOS2. The molecule has 14 heavy (non-hydrogen) atoms. The van der Waals surface area contributed by atoms with Crippen molar-refractivity contribution in [2.45, 2.75) is 6.92 Å². The predicted molar refractivity (Wildman–Crippen MR) is 59.1 cm³/mol. The third kappa shape index (κ3) is 3.66. The molecule has 0 atom stereocenters. The summed E-state index contributed by atoms with van der Waals surface area (Å²) in [5.41, 5.74) is 0.843. The van der Waals surface area contributed by atoms with E-state index in [1.165, 1.54) is 30.0 Å². The van der Waals surface area contributed by atoms with Crippen molar-refractivity contribution >= 4 is 28.2 Å². The number of thioether (sulfide) groups is 1. The van der Waals surface area contributed by atoms with Crippen molar-refractivity contribution in [3.8, 4) is 17.9 Å². The lowest BCUT2D eigenvalue weighted by molar-refractivity contribution is -0.109. The summed E-state index contributed by atoms with van der Waals surface area (Å²) in [6.07, 6.45) is 0. The van der Waals surface area contributed by atoms with E-state index in [9.17, 15) is 4.79 Å². The summed E-state index contributed by atoms with van der Waals surface area (Å²) in [5, 5.41) is 10.5. The highest BCUT2D eigenvalue weighted by Gasteiger charge is 1.94. The average molecular weight is 221 g/mol. The highest BCUT2D eigenvalue weighted by atomic mass is 32.2. The summed E-state index contributed by atoms with van der Waals surface area (Å²) in [4.78, 5) is 11.2. The summed E-state index contributed by atoms with van der Waals surface area (Å²) in [6.45, 7) is 1.52. The Morgan fingerprint density at radius 3 is 3.07 bits per heavy atom. The van der Waals surface area contributed by atoms with E-state index < -0.39 is 0 Å². The molecular weight excluding hydrogens is 214 g/mol. The van der Waals surface area contributed by atoms with Gasteiger partial charge in [0.2, 0.25) is 0 Å². The standard InChI is InChI=1S/C10H7NOS2/c1-8(12)13-4-2-3-9-5-10(6-11)14-7-9/h5,7H,4H2,1H3. The normalized spacial score (nSPS) is 8.57. The highest BCUT2D eigenvalue weighted by molar-refractivity contribution is 8.13. The molecule has 70 valence electrons. The maximum atomic E-state index is 10.6. The Hall–Kier alpha value is -1.23. The summed E-state index contributed by atoms with van der Waals surface area (Å²) >= 11 is 2.57. The zero-order valence-corrected chi connectivity index (χ0v) is 9.17. The minimum absolute atomic E-state index is 0.0716. The van der Waals surface area contributed by atoms with Gasteiger partial charge in [-0.1, -0.05) is 23.6 Å². The molecule has 0 saturated heterocycles.